The Bertz CT molecular complexity index is 1720. The Morgan fingerprint density at radius 1 is 1.00 bits per heavy atom. The number of benzene rings is 3. The van der Waals surface area contributed by atoms with Gasteiger partial charge in [-0.2, -0.15) is 5.10 Å². The number of ketones is 1. The molecule has 1 aliphatic carbocycles. The monoisotopic (exact) mass is 561 g/mol. The van der Waals surface area contributed by atoms with E-state index in [9.17, 15) is 9.59 Å². The van der Waals surface area contributed by atoms with Crippen molar-refractivity contribution < 1.29 is 14.3 Å². The maximum Gasteiger partial charge on any atom is 0.263 e. The first kappa shape index (κ1) is 27.3. The zero-order chi connectivity index (χ0) is 29.6. The van der Waals surface area contributed by atoms with Crippen LogP contribution in [0.4, 0.5) is 23.0 Å². The molecule has 1 amide bonds. The van der Waals surface area contributed by atoms with Gasteiger partial charge in [0.1, 0.15) is 17.1 Å². The first-order chi connectivity index (χ1) is 20.1. The molecule has 0 radical (unpaired) electrons. The highest BCUT2D eigenvalue weighted by molar-refractivity contribution is 6.14. The van der Waals surface area contributed by atoms with Crippen molar-refractivity contribution in [1.29, 1.82) is 0 Å². The number of fused-ring (bicyclic) bond motifs is 3. The fraction of sp³-hybridized carbons (Fsp3) is 0.265. The van der Waals surface area contributed by atoms with Gasteiger partial charge in [0.2, 0.25) is 0 Å². The molecule has 1 fully saturated rings. The predicted molar refractivity (Wildman–Crippen MR) is 166 cm³/mol. The molecule has 4 aromatic rings. The van der Waals surface area contributed by atoms with Crippen LogP contribution in [0, 0.1) is 19.3 Å². The van der Waals surface area contributed by atoms with Crippen molar-refractivity contribution >= 4 is 40.4 Å². The minimum absolute atomic E-state index is 0.0782. The van der Waals surface area contributed by atoms with E-state index in [4.69, 9.17) is 9.84 Å². The van der Waals surface area contributed by atoms with E-state index in [1.807, 2.05) is 91.3 Å². The summed E-state index contributed by atoms with van der Waals surface area (Å²) in [5.74, 6) is 1.45. The largest absolute Gasteiger partial charge is 0.497 e. The molecule has 6 rings (SSSR count). The Morgan fingerprint density at radius 2 is 1.74 bits per heavy atom. The molecular weight excluding hydrogens is 526 g/mol. The number of carbonyl (C=O) groups excluding carboxylic acids is 2. The lowest BCUT2D eigenvalue weighted by molar-refractivity contribution is -0.119. The van der Waals surface area contributed by atoms with E-state index in [1.165, 1.54) is 0 Å². The summed E-state index contributed by atoms with van der Waals surface area (Å²) in [6, 6.07) is 22.8. The summed E-state index contributed by atoms with van der Waals surface area (Å²) < 4.78 is 7.19. The number of nitrogens with one attached hydrogen (secondary N) is 3. The van der Waals surface area contributed by atoms with Crippen molar-refractivity contribution in [2.75, 3.05) is 23.1 Å². The lowest BCUT2D eigenvalue weighted by atomic mass is 9.71. The Labute approximate surface area is 245 Å². The molecule has 0 saturated heterocycles. The van der Waals surface area contributed by atoms with Gasteiger partial charge in [-0.25, -0.2) is 4.68 Å². The third-order valence-corrected chi connectivity index (χ3v) is 8.14. The van der Waals surface area contributed by atoms with Crippen LogP contribution in [0.25, 0.3) is 5.70 Å². The average molecular weight is 562 g/mol. The van der Waals surface area contributed by atoms with Crippen LogP contribution in [0.3, 0.4) is 0 Å². The molecule has 3 aromatic carbocycles. The van der Waals surface area contributed by atoms with Crippen LogP contribution >= 0.6 is 0 Å². The minimum atomic E-state index is -0.339. The van der Waals surface area contributed by atoms with Gasteiger partial charge in [0, 0.05) is 23.4 Å². The van der Waals surface area contributed by atoms with Crippen molar-refractivity contribution in [1.82, 2.24) is 9.78 Å². The van der Waals surface area contributed by atoms with Crippen LogP contribution < -0.4 is 20.7 Å². The van der Waals surface area contributed by atoms with Crippen LogP contribution in [-0.4, -0.2) is 28.6 Å². The number of anilines is 4. The second kappa shape index (κ2) is 10.5. The van der Waals surface area contributed by atoms with Crippen molar-refractivity contribution in [3.8, 4) is 5.75 Å². The summed E-state index contributed by atoms with van der Waals surface area (Å²) in [6.07, 6.45) is 1.14. The van der Waals surface area contributed by atoms with Gasteiger partial charge >= 0.3 is 0 Å². The van der Waals surface area contributed by atoms with Crippen LogP contribution in [0.15, 0.2) is 78.4 Å². The molecule has 1 aromatic heterocycles. The summed E-state index contributed by atoms with van der Waals surface area (Å²) in [4.78, 5) is 27.8. The molecule has 2 aliphatic rings. The summed E-state index contributed by atoms with van der Waals surface area (Å²) in [5, 5.41) is 14.9. The number of aryl methyl sites for hydroxylation is 2. The second-order valence-corrected chi connectivity index (χ2v) is 11.9. The van der Waals surface area contributed by atoms with E-state index in [2.05, 4.69) is 29.8 Å². The topological polar surface area (TPSA) is 97.3 Å². The fourth-order valence-corrected chi connectivity index (χ4v) is 5.85. The summed E-state index contributed by atoms with van der Waals surface area (Å²) in [5.41, 5.74) is 6.10. The Morgan fingerprint density at radius 3 is 2.43 bits per heavy atom. The molecule has 1 aliphatic heterocycles. The number of hydrogen-bond acceptors (Lipinski definition) is 6. The number of methoxy groups -OCH3 is 1. The Hall–Kier alpha value is -4.85. The molecule has 1 saturated carbocycles. The second-order valence-electron chi connectivity index (χ2n) is 11.9. The van der Waals surface area contributed by atoms with Gasteiger partial charge in [-0.15, -0.1) is 0 Å². The molecule has 8 nitrogen and oxygen atoms in total. The summed E-state index contributed by atoms with van der Waals surface area (Å²) in [7, 11) is 1.62. The van der Waals surface area contributed by atoms with Gasteiger partial charge in [0.05, 0.1) is 18.8 Å². The quantitative estimate of drug-likeness (QED) is 0.229. The number of carbonyl (C=O) groups is 2. The highest BCUT2D eigenvalue weighted by Gasteiger charge is 2.44. The zero-order valence-electron chi connectivity index (χ0n) is 24.5. The van der Waals surface area contributed by atoms with Crippen molar-refractivity contribution in [2.24, 2.45) is 5.41 Å². The van der Waals surface area contributed by atoms with Crippen molar-refractivity contribution in [3.05, 3.63) is 101 Å². The average Bonchev–Trinajstić information content (AvgIpc) is 3.32. The maximum atomic E-state index is 14.1. The SMILES string of the molecule is COc1ccc(C2=C3C(=O)CC(C)(C)C[C@H]3n3nc(Nc4ccccc4)c(C(=O)Nc4ccc(C)c(C)c4)c3N2)cc1. The van der Waals surface area contributed by atoms with E-state index >= 15 is 0 Å². The molecule has 42 heavy (non-hydrogen) atoms. The third-order valence-electron chi connectivity index (χ3n) is 8.14. The number of Topliss-reactive ketones (excluding diaryl/α,β-unsaturated/α-hetero) is 1. The molecule has 214 valence electrons. The standard InChI is InChI=1S/C34H35N5O3/c1-20-11-14-24(17-21(20)2)36-33(41)29-31(35-23-9-7-6-8-10-23)38-39-26-18-34(3,4)19-27(40)28(26)30(37-32(29)39)22-12-15-25(42-5)16-13-22/h6-17,26,37H,18-19H2,1-5H3,(H,35,38)(H,36,41)/t26-/m1/s1. The zero-order valence-corrected chi connectivity index (χ0v) is 24.5. The van der Waals surface area contributed by atoms with Crippen LogP contribution in [0.2, 0.25) is 0 Å². The van der Waals surface area contributed by atoms with Crippen LogP contribution in [-0.2, 0) is 4.79 Å². The number of nitrogens with zero attached hydrogens (tertiary/aromatic N) is 2. The van der Waals surface area contributed by atoms with Gasteiger partial charge < -0.3 is 20.7 Å². The number of rotatable bonds is 6. The number of aromatic nitrogens is 2. The van der Waals surface area contributed by atoms with Crippen molar-refractivity contribution in [3.63, 3.8) is 0 Å². The summed E-state index contributed by atoms with van der Waals surface area (Å²) >= 11 is 0. The van der Waals surface area contributed by atoms with Crippen molar-refractivity contribution in [2.45, 2.75) is 46.6 Å². The molecule has 8 heteroatoms. The Balaban J connectivity index is 1.51. The van der Waals surface area contributed by atoms with Gasteiger partial charge in [-0.1, -0.05) is 38.1 Å². The number of ether oxygens (including phenoxy) is 1. The van der Waals surface area contributed by atoms with E-state index in [1.54, 1.807) is 7.11 Å². The molecule has 1 atom stereocenters. The smallest absolute Gasteiger partial charge is 0.263 e. The van der Waals surface area contributed by atoms with Gasteiger partial charge in [-0.05, 0) is 90.9 Å². The van der Waals surface area contributed by atoms with Gasteiger partial charge in [-0.3, -0.25) is 9.59 Å². The lowest BCUT2D eigenvalue weighted by Crippen LogP contribution is -2.37. The van der Waals surface area contributed by atoms with Crippen LogP contribution in [0.5, 0.6) is 5.75 Å². The van der Waals surface area contributed by atoms with Gasteiger partial charge in [0.25, 0.3) is 5.91 Å². The predicted octanol–water partition coefficient (Wildman–Crippen LogP) is 7.27. The summed E-state index contributed by atoms with van der Waals surface area (Å²) in [6.45, 7) is 8.28. The normalized spacial score (nSPS) is 17.2. The van der Waals surface area contributed by atoms with Crippen LogP contribution in [0.1, 0.15) is 59.8 Å². The first-order valence-corrected chi connectivity index (χ1v) is 14.2. The minimum Gasteiger partial charge on any atom is -0.497 e. The molecular formula is C34H35N5O3. The highest BCUT2D eigenvalue weighted by atomic mass is 16.5. The molecule has 2 heterocycles. The van der Waals surface area contributed by atoms with E-state index in [0.717, 1.165) is 28.1 Å². The number of allylic oxidation sites excluding steroid dienone is 1. The molecule has 0 bridgehead atoms. The number of hydrogen-bond donors (Lipinski definition) is 3. The fourth-order valence-electron chi connectivity index (χ4n) is 5.85. The van der Waals surface area contributed by atoms with E-state index in [-0.39, 0.29) is 23.1 Å². The van der Waals surface area contributed by atoms with Gasteiger partial charge in [0.15, 0.2) is 11.6 Å². The van der Waals surface area contributed by atoms with E-state index in [0.29, 0.717) is 47.0 Å². The Kier molecular flexibility index (Phi) is 6.85. The molecule has 3 N–H and O–H groups in total. The number of amides is 1. The molecule has 0 spiro atoms. The van der Waals surface area contributed by atoms with E-state index < -0.39 is 0 Å². The highest BCUT2D eigenvalue weighted by Crippen LogP contribution is 2.49. The number of para-hydroxylation sites is 1. The maximum absolute atomic E-state index is 14.1. The third kappa shape index (κ3) is 5.04. The lowest BCUT2D eigenvalue weighted by Gasteiger charge is -2.40. The molecule has 0 unspecified atom stereocenters. The first-order valence-electron chi connectivity index (χ1n) is 14.2.